The number of rotatable bonds is 8. The molecule has 9 heterocycles. The van der Waals surface area contributed by atoms with Crippen LogP contribution in [0.25, 0.3) is 56.1 Å². The van der Waals surface area contributed by atoms with Gasteiger partial charge in [-0.3, -0.25) is 0 Å². The SMILES string of the molecule is Cn1cnnc1Sc1ncnc2occ(-c3nc(Sc4nnn[nH]4)c4c(-c5nc(Sc6nnnn6C)c6ccoc6n5)coc4n3)c12. The number of aryl methyl sites for hydroxylation is 2. The van der Waals surface area contributed by atoms with Crippen molar-refractivity contribution in [3.63, 3.8) is 0 Å². The summed E-state index contributed by atoms with van der Waals surface area (Å²) >= 11 is 3.74. The molecule has 0 radical (unpaired) electrons. The van der Waals surface area contributed by atoms with Gasteiger partial charge in [0.05, 0.1) is 33.5 Å². The van der Waals surface area contributed by atoms with Gasteiger partial charge in [-0.1, -0.05) is 0 Å². The highest BCUT2D eigenvalue weighted by atomic mass is 32.2. The summed E-state index contributed by atoms with van der Waals surface area (Å²) in [6, 6.07) is 1.78. The molecular formula is C24H13N17O3S3. The average Bonchev–Trinajstić information content (AvgIpc) is 3.92. The average molecular weight is 684 g/mol. The van der Waals surface area contributed by atoms with Crippen LogP contribution in [-0.2, 0) is 14.1 Å². The van der Waals surface area contributed by atoms with Gasteiger partial charge in [-0.2, -0.15) is 9.97 Å². The lowest BCUT2D eigenvalue weighted by molar-refractivity contribution is 0.598. The molecule has 0 bridgehead atoms. The van der Waals surface area contributed by atoms with Crippen molar-refractivity contribution in [3.05, 3.63) is 37.5 Å². The van der Waals surface area contributed by atoms with Gasteiger partial charge in [0.25, 0.3) is 0 Å². The Hall–Kier alpha value is -5.81. The number of aromatic nitrogens is 17. The van der Waals surface area contributed by atoms with Crippen LogP contribution in [0.4, 0.5) is 0 Å². The van der Waals surface area contributed by atoms with Gasteiger partial charge in [-0.05, 0) is 62.2 Å². The molecular weight excluding hydrogens is 671 g/mol. The molecule has 23 heteroatoms. The number of furan rings is 3. The van der Waals surface area contributed by atoms with Crippen molar-refractivity contribution in [2.75, 3.05) is 0 Å². The molecule has 0 unspecified atom stereocenters. The zero-order chi connectivity index (χ0) is 31.5. The van der Waals surface area contributed by atoms with E-state index in [1.807, 2.05) is 7.05 Å². The summed E-state index contributed by atoms with van der Waals surface area (Å²) in [4.78, 5) is 28.0. The first-order valence-corrected chi connectivity index (χ1v) is 15.6. The molecule has 0 fully saturated rings. The molecule has 0 aliphatic rings. The first-order valence-electron chi connectivity index (χ1n) is 13.2. The molecule has 1 N–H and O–H groups in total. The van der Waals surface area contributed by atoms with E-state index in [9.17, 15) is 0 Å². The number of hydrogen-bond acceptors (Lipinski definition) is 20. The number of tetrazole rings is 2. The van der Waals surface area contributed by atoms with E-state index >= 15 is 0 Å². The Morgan fingerprint density at radius 1 is 0.723 bits per heavy atom. The molecule has 20 nitrogen and oxygen atoms in total. The highest BCUT2D eigenvalue weighted by Gasteiger charge is 2.26. The topological polar surface area (TPSA) is 246 Å². The normalized spacial score (nSPS) is 11.9. The number of nitrogens with zero attached hydrogens (tertiary/aromatic N) is 16. The predicted octanol–water partition coefficient (Wildman–Crippen LogP) is 3.25. The molecule has 9 rings (SSSR count). The van der Waals surface area contributed by atoms with Crippen LogP contribution in [-0.4, -0.2) is 85.5 Å². The van der Waals surface area contributed by atoms with Crippen LogP contribution in [0, 0.1) is 0 Å². The van der Waals surface area contributed by atoms with Gasteiger partial charge in [-0.15, -0.1) is 20.4 Å². The van der Waals surface area contributed by atoms with Crippen molar-refractivity contribution in [2.45, 2.75) is 30.5 Å². The summed E-state index contributed by atoms with van der Waals surface area (Å²) in [6.45, 7) is 0. The molecule has 9 aromatic heterocycles. The second-order valence-electron chi connectivity index (χ2n) is 9.50. The van der Waals surface area contributed by atoms with Crippen molar-refractivity contribution in [1.29, 1.82) is 0 Å². The Morgan fingerprint density at radius 2 is 1.51 bits per heavy atom. The van der Waals surface area contributed by atoms with E-state index in [4.69, 9.17) is 28.2 Å². The summed E-state index contributed by atoms with van der Waals surface area (Å²) < 4.78 is 20.9. The van der Waals surface area contributed by atoms with Gasteiger partial charge in [0.2, 0.25) is 27.5 Å². The standard InChI is InChI=1S/C24H13N17O3S3/c1-40-8-27-34-23(40)47-20-12-10(5-43-17(12)25-7-26-20)15-29-18-13(21(31-15)45-22-32-36-37-33-22)11(6-44-18)14-28-16-9(3-4-42-16)19(30-14)46-24-35-38-39-41(24)2/h3-8H,1-2H3,(H,32,33,36,37). The van der Waals surface area contributed by atoms with Gasteiger partial charge in [0.15, 0.2) is 16.8 Å². The molecule has 0 saturated carbocycles. The molecule has 0 aliphatic carbocycles. The summed E-state index contributed by atoms with van der Waals surface area (Å²) in [7, 11) is 3.58. The van der Waals surface area contributed by atoms with Crippen LogP contribution in [0.3, 0.4) is 0 Å². The largest absolute Gasteiger partial charge is 0.446 e. The number of nitrogens with one attached hydrogen (secondary N) is 1. The monoisotopic (exact) mass is 683 g/mol. The van der Waals surface area contributed by atoms with Crippen molar-refractivity contribution in [1.82, 2.24) is 85.5 Å². The zero-order valence-corrected chi connectivity index (χ0v) is 26.0. The number of hydrogen-bond donors (Lipinski definition) is 1. The fraction of sp³-hybridized carbons (Fsp3) is 0.0833. The first kappa shape index (κ1) is 27.5. The van der Waals surface area contributed by atoms with E-state index in [0.29, 0.717) is 75.1 Å². The Kier molecular flexibility index (Phi) is 6.39. The van der Waals surface area contributed by atoms with Crippen LogP contribution in [0.15, 0.2) is 81.3 Å². The Morgan fingerprint density at radius 3 is 2.28 bits per heavy atom. The minimum Gasteiger partial charge on any atom is -0.446 e. The highest BCUT2D eigenvalue weighted by Crippen LogP contribution is 2.42. The number of H-pyrrole nitrogens is 1. The van der Waals surface area contributed by atoms with Crippen LogP contribution in [0.2, 0.25) is 0 Å². The minimum atomic E-state index is 0.253. The summed E-state index contributed by atoms with van der Waals surface area (Å²) in [5.41, 5.74) is 2.01. The lowest BCUT2D eigenvalue weighted by atomic mass is 10.2. The molecule has 0 atom stereocenters. The van der Waals surface area contributed by atoms with Crippen LogP contribution < -0.4 is 0 Å². The molecule has 0 saturated heterocycles. The smallest absolute Gasteiger partial charge is 0.231 e. The van der Waals surface area contributed by atoms with Crippen molar-refractivity contribution in [2.24, 2.45) is 14.1 Å². The maximum Gasteiger partial charge on any atom is 0.231 e. The molecule has 9 aromatic rings. The Labute approximate surface area is 271 Å². The van der Waals surface area contributed by atoms with E-state index in [0.717, 1.165) is 0 Å². The number of aromatic amines is 1. The molecule has 47 heavy (non-hydrogen) atoms. The van der Waals surface area contributed by atoms with Crippen molar-refractivity contribution >= 4 is 68.6 Å². The van der Waals surface area contributed by atoms with Crippen molar-refractivity contribution < 1.29 is 13.3 Å². The van der Waals surface area contributed by atoms with Gasteiger partial charge >= 0.3 is 0 Å². The van der Waals surface area contributed by atoms with E-state index in [1.54, 1.807) is 35.0 Å². The predicted molar refractivity (Wildman–Crippen MR) is 160 cm³/mol. The molecule has 0 amide bonds. The second-order valence-corrected chi connectivity index (χ2v) is 12.4. The van der Waals surface area contributed by atoms with Crippen LogP contribution >= 0.6 is 35.3 Å². The molecule has 0 aromatic carbocycles. The van der Waals surface area contributed by atoms with Gasteiger partial charge < -0.3 is 17.8 Å². The minimum absolute atomic E-state index is 0.253. The fourth-order valence-corrected chi connectivity index (χ4v) is 6.96. The zero-order valence-electron chi connectivity index (χ0n) is 23.6. The van der Waals surface area contributed by atoms with Gasteiger partial charge in [-0.25, -0.2) is 29.7 Å². The fourth-order valence-electron chi connectivity index (χ4n) is 4.52. The third-order valence-corrected chi connectivity index (χ3v) is 9.60. The maximum atomic E-state index is 6.03. The summed E-state index contributed by atoms with van der Waals surface area (Å²) in [5.74, 6) is 0.595. The quantitative estimate of drug-likeness (QED) is 0.226. The van der Waals surface area contributed by atoms with E-state index in [-0.39, 0.29) is 11.5 Å². The van der Waals surface area contributed by atoms with Gasteiger partial charge in [0.1, 0.15) is 40.3 Å². The summed E-state index contributed by atoms with van der Waals surface area (Å²) in [5, 5.41) is 39.0. The van der Waals surface area contributed by atoms with Crippen LogP contribution in [0.5, 0.6) is 0 Å². The number of fused-ring (bicyclic) bond motifs is 3. The summed E-state index contributed by atoms with van der Waals surface area (Å²) in [6.07, 6.45) is 7.60. The van der Waals surface area contributed by atoms with E-state index < -0.39 is 0 Å². The van der Waals surface area contributed by atoms with Gasteiger partial charge in [0, 0.05) is 14.1 Å². The Balaban J connectivity index is 1.21. The third-order valence-electron chi connectivity index (χ3n) is 6.65. The lowest BCUT2D eigenvalue weighted by Crippen LogP contribution is -1.97. The molecule has 230 valence electrons. The molecule has 0 spiro atoms. The van der Waals surface area contributed by atoms with E-state index in [2.05, 4.69) is 61.3 Å². The van der Waals surface area contributed by atoms with E-state index in [1.165, 1.54) is 54.1 Å². The first-order chi connectivity index (χ1) is 23.1. The maximum absolute atomic E-state index is 6.03. The second kappa shape index (κ2) is 10.9. The third kappa shape index (κ3) is 4.74. The lowest BCUT2D eigenvalue weighted by Gasteiger charge is -2.07. The highest BCUT2D eigenvalue weighted by molar-refractivity contribution is 7.99. The molecule has 0 aliphatic heterocycles. The Bertz CT molecular complexity index is 2570. The van der Waals surface area contributed by atoms with Crippen molar-refractivity contribution in [3.8, 4) is 22.8 Å². The van der Waals surface area contributed by atoms with Crippen LogP contribution in [0.1, 0.15) is 0 Å².